The third-order valence-electron chi connectivity index (χ3n) is 6.01. The van der Waals surface area contributed by atoms with Crippen molar-refractivity contribution in [3.05, 3.63) is 35.9 Å². The van der Waals surface area contributed by atoms with E-state index in [0.717, 1.165) is 64.8 Å². The zero-order valence-electron chi connectivity index (χ0n) is 15.3. The van der Waals surface area contributed by atoms with E-state index in [9.17, 15) is 9.59 Å². The van der Waals surface area contributed by atoms with Gasteiger partial charge in [0.2, 0.25) is 0 Å². The van der Waals surface area contributed by atoms with E-state index in [1.807, 2.05) is 6.07 Å². The van der Waals surface area contributed by atoms with Crippen molar-refractivity contribution in [3.8, 4) is 0 Å². The molecule has 1 aromatic carbocycles. The molecule has 0 aromatic heterocycles. The van der Waals surface area contributed by atoms with Crippen molar-refractivity contribution in [2.45, 2.75) is 44.2 Å². The zero-order chi connectivity index (χ0) is 18.0. The summed E-state index contributed by atoms with van der Waals surface area (Å²) in [5, 5.41) is 3.00. The number of nitrogens with zero attached hydrogens (tertiary/aromatic N) is 3. The van der Waals surface area contributed by atoms with Gasteiger partial charge >= 0.3 is 6.03 Å². The molecule has 0 bridgehead atoms. The van der Waals surface area contributed by atoms with E-state index in [-0.39, 0.29) is 11.9 Å². The number of carbonyl (C=O) groups is 2. The molecule has 2 heterocycles. The van der Waals surface area contributed by atoms with Gasteiger partial charge in [-0.3, -0.25) is 14.6 Å². The summed E-state index contributed by atoms with van der Waals surface area (Å²) in [4.78, 5) is 31.4. The van der Waals surface area contributed by atoms with Gasteiger partial charge in [-0.15, -0.1) is 0 Å². The lowest BCUT2D eigenvalue weighted by Gasteiger charge is -2.36. The van der Waals surface area contributed by atoms with Gasteiger partial charge in [0.05, 0.1) is 6.67 Å². The van der Waals surface area contributed by atoms with E-state index in [4.69, 9.17) is 0 Å². The molecule has 140 valence electrons. The van der Waals surface area contributed by atoms with E-state index < -0.39 is 5.54 Å². The molecule has 0 radical (unpaired) electrons. The van der Waals surface area contributed by atoms with Gasteiger partial charge in [0.1, 0.15) is 5.54 Å². The number of urea groups is 1. The largest absolute Gasteiger partial charge is 0.326 e. The van der Waals surface area contributed by atoms with Crippen LogP contribution in [0.3, 0.4) is 0 Å². The average molecular weight is 356 g/mol. The second-order valence-corrected chi connectivity index (χ2v) is 7.83. The maximum absolute atomic E-state index is 12.9. The average Bonchev–Trinajstić information content (AvgIpc) is 2.89. The molecule has 6 heteroatoms. The Morgan fingerprint density at radius 2 is 1.54 bits per heavy atom. The lowest BCUT2D eigenvalue weighted by molar-refractivity contribution is -0.134. The molecule has 0 atom stereocenters. The summed E-state index contributed by atoms with van der Waals surface area (Å²) in [6.45, 7) is 5.08. The molecule has 6 nitrogen and oxygen atoms in total. The molecule has 3 aliphatic rings. The second-order valence-electron chi connectivity index (χ2n) is 7.83. The van der Waals surface area contributed by atoms with E-state index in [1.54, 1.807) is 0 Å². The molecule has 2 aliphatic heterocycles. The third kappa shape index (κ3) is 3.48. The van der Waals surface area contributed by atoms with Crippen LogP contribution in [0.15, 0.2) is 30.3 Å². The molecular weight excluding hydrogens is 328 g/mol. The minimum Gasteiger partial charge on any atom is -0.323 e. The van der Waals surface area contributed by atoms with Crippen LogP contribution in [-0.2, 0) is 11.3 Å². The van der Waals surface area contributed by atoms with E-state index in [0.29, 0.717) is 6.67 Å². The van der Waals surface area contributed by atoms with Crippen LogP contribution in [0, 0.1) is 0 Å². The highest BCUT2D eigenvalue weighted by molar-refractivity contribution is 6.07. The number of nitrogens with one attached hydrogen (secondary N) is 1. The van der Waals surface area contributed by atoms with Crippen LogP contribution in [-0.4, -0.2) is 65.0 Å². The van der Waals surface area contributed by atoms with E-state index in [2.05, 4.69) is 39.4 Å². The van der Waals surface area contributed by atoms with Crippen LogP contribution >= 0.6 is 0 Å². The number of amides is 3. The Hall–Kier alpha value is -1.92. The second kappa shape index (κ2) is 7.37. The van der Waals surface area contributed by atoms with Gasteiger partial charge in [0.25, 0.3) is 5.91 Å². The summed E-state index contributed by atoms with van der Waals surface area (Å²) >= 11 is 0. The van der Waals surface area contributed by atoms with Crippen LogP contribution in [0.4, 0.5) is 4.79 Å². The molecule has 1 aliphatic carbocycles. The molecule has 0 unspecified atom stereocenters. The van der Waals surface area contributed by atoms with Crippen LogP contribution in [0.5, 0.6) is 0 Å². The first-order valence-electron chi connectivity index (χ1n) is 9.79. The number of carbonyl (C=O) groups excluding carboxylic acids is 2. The molecule has 1 spiro atoms. The van der Waals surface area contributed by atoms with Crippen molar-refractivity contribution in [2.24, 2.45) is 0 Å². The summed E-state index contributed by atoms with van der Waals surface area (Å²) < 4.78 is 0. The number of benzene rings is 1. The molecule has 26 heavy (non-hydrogen) atoms. The van der Waals surface area contributed by atoms with E-state index >= 15 is 0 Å². The molecule has 1 aromatic rings. The monoisotopic (exact) mass is 356 g/mol. The lowest BCUT2D eigenvalue weighted by atomic mass is 9.82. The van der Waals surface area contributed by atoms with Crippen molar-refractivity contribution < 1.29 is 9.59 Å². The van der Waals surface area contributed by atoms with Crippen LogP contribution in [0.2, 0.25) is 0 Å². The summed E-state index contributed by atoms with van der Waals surface area (Å²) in [6.07, 6.45) is 4.79. The van der Waals surface area contributed by atoms with E-state index in [1.165, 1.54) is 10.5 Å². The Morgan fingerprint density at radius 1 is 0.885 bits per heavy atom. The number of imide groups is 1. The fourth-order valence-corrected chi connectivity index (χ4v) is 4.43. The Labute approximate surface area is 155 Å². The van der Waals surface area contributed by atoms with Crippen LogP contribution < -0.4 is 5.32 Å². The maximum atomic E-state index is 12.9. The minimum absolute atomic E-state index is 0.00563. The number of hydrogen-bond donors (Lipinski definition) is 1. The number of rotatable bonds is 4. The topological polar surface area (TPSA) is 55.9 Å². The van der Waals surface area contributed by atoms with Gasteiger partial charge in [0, 0.05) is 32.7 Å². The molecule has 1 N–H and O–H groups in total. The molecule has 3 amide bonds. The standard InChI is InChI=1S/C20H28N4O2/c25-18-20(9-5-2-6-10-20)21-19(26)24(18)16-23-13-11-22(12-14-23)15-17-7-3-1-4-8-17/h1,3-4,7-8H,2,5-6,9-16H2,(H,21,26). The van der Waals surface area contributed by atoms with Gasteiger partial charge in [0.15, 0.2) is 0 Å². The summed E-state index contributed by atoms with van der Waals surface area (Å²) in [7, 11) is 0. The van der Waals surface area contributed by atoms with Crippen molar-refractivity contribution >= 4 is 11.9 Å². The summed E-state index contributed by atoms with van der Waals surface area (Å²) in [6, 6.07) is 10.3. The van der Waals surface area contributed by atoms with Crippen molar-refractivity contribution in [2.75, 3.05) is 32.8 Å². The Kier molecular flexibility index (Phi) is 4.96. The predicted octanol–water partition coefficient (Wildman–Crippen LogP) is 2.02. The van der Waals surface area contributed by atoms with Crippen LogP contribution in [0.1, 0.15) is 37.7 Å². The number of piperazine rings is 1. The van der Waals surface area contributed by atoms with Gasteiger partial charge in [-0.25, -0.2) is 9.69 Å². The highest BCUT2D eigenvalue weighted by atomic mass is 16.2. The fraction of sp³-hybridized carbons (Fsp3) is 0.600. The van der Waals surface area contributed by atoms with Crippen LogP contribution in [0.25, 0.3) is 0 Å². The quantitative estimate of drug-likeness (QED) is 0.839. The number of hydrogen-bond acceptors (Lipinski definition) is 4. The van der Waals surface area contributed by atoms with Gasteiger partial charge in [-0.05, 0) is 18.4 Å². The molecule has 4 rings (SSSR count). The molecular formula is C20H28N4O2. The third-order valence-corrected chi connectivity index (χ3v) is 6.01. The van der Waals surface area contributed by atoms with Crippen molar-refractivity contribution in [3.63, 3.8) is 0 Å². The fourth-order valence-electron chi connectivity index (χ4n) is 4.43. The molecule has 3 fully saturated rings. The Bertz CT molecular complexity index is 649. The highest BCUT2D eigenvalue weighted by Gasteiger charge is 2.51. The Balaban J connectivity index is 1.30. The molecule has 1 saturated carbocycles. The smallest absolute Gasteiger partial charge is 0.323 e. The SMILES string of the molecule is O=C1NC2(CCCCC2)C(=O)N1CN1CCN(Cc2ccccc2)CC1. The lowest BCUT2D eigenvalue weighted by Crippen LogP contribution is -2.52. The van der Waals surface area contributed by atoms with Crippen molar-refractivity contribution in [1.82, 2.24) is 20.0 Å². The van der Waals surface area contributed by atoms with Gasteiger partial charge in [-0.1, -0.05) is 49.6 Å². The first-order chi connectivity index (χ1) is 12.7. The summed E-state index contributed by atoms with van der Waals surface area (Å²) in [5.74, 6) is -0.00563. The highest BCUT2D eigenvalue weighted by Crippen LogP contribution is 2.33. The first-order valence-corrected chi connectivity index (χ1v) is 9.79. The summed E-state index contributed by atoms with van der Waals surface area (Å²) in [5.41, 5.74) is 0.721. The zero-order valence-corrected chi connectivity index (χ0v) is 15.3. The van der Waals surface area contributed by atoms with Gasteiger partial charge in [-0.2, -0.15) is 0 Å². The minimum atomic E-state index is -0.607. The first kappa shape index (κ1) is 17.5. The Morgan fingerprint density at radius 3 is 2.23 bits per heavy atom. The normalized spacial score (nSPS) is 24.2. The molecule has 2 saturated heterocycles. The van der Waals surface area contributed by atoms with Crippen molar-refractivity contribution in [1.29, 1.82) is 0 Å². The maximum Gasteiger partial charge on any atom is 0.326 e. The predicted molar refractivity (Wildman–Crippen MR) is 99.4 cm³/mol. The van der Waals surface area contributed by atoms with Gasteiger partial charge < -0.3 is 5.32 Å².